The molecule has 0 saturated carbocycles. The van der Waals surface area contributed by atoms with Crippen LogP contribution in [0, 0.1) is 11.3 Å². The van der Waals surface area contributed by atoms with Crippen LogP contribution in [0.1, 0.15) is 35.9 Å². The zero-order valence-corrected chi connectivity index (χ0v) is 11.5. The molecular formula is C14H13ClN4O. The number of rotatable bonds is 3. The summed E-state index contributed by atoms with van der Waals surface area (Å²) < 4.78 is 7.40. The third kappa shape index (κ3) is 2.53. The summed E-state index contributed by atoms with van der Waals surface area (Å²) in [5.74, 6) is 0. The van der Waals surface area contributed by atoms with Crippen molar-refractivity contribution < 1.29 is 4.74 Å². The van der Waals surface area contributed by atoms with Crippen molar-refractivity contribution in [2.24, 2.45) is 0 Å². The first-order valence-electron chi connectivity index (χ1n) is 6.47. The number of nitrogens with zero attached hydrogens (tertiary/aromatic N) is 4. The van der Waals surface area contributed by atoms with E-state index in [4.69, 9.17) is 21.6 Å². The molecule has 0 amide bonds. The minimum absolute atomic E-state index is 0.0844. The van der Waals surface area contributed by atoms with Gasteiger partial charge in [0, 0.05) is 11.6 Å². The number of hydrogen-bond donors (Lipinski definition) is 0. The Bertz CT molecular complexity index is 655. The number of hydrogen-bond acceptors (Lipinski definition) is 4. The van der Waals surface area contributed by atoms with E-state index in [1.807, 2.05) is 24.3 Å². The highest BCUT2D eigenvalue weighted by molar-refractivity contribution is 6.30. The molecular weight excluding hydrogens is 276 g/mol. The van der Waals surface area contributed by atoms with E-state index in [9.17, 15) is 0 Å². The fourth-order valence-electron chi connectivity index (χ4n) is 2.44. The van der Waals surface area contributed by atoms with Crippen molar-refractivity contribution in [3.63, 3.8) is 0 Å². The standard InChI is InChI=1S/C14H13ClN4O/c15-11-4-1-3-10(7-11)9-19-14(12(8-16)17-18-19)13-5-2-6-20-13/h1,3-4,7,13H,2,5-6,9H2. The van der Waals surface area contributed by atoms with E-state index in [1.165, 1.54) is 0 Å². The lowest BCUT2D eigenvalue weighted by atomic mass is 10.1. The highest BCUT2D eigenvalue weighted by Gasteiger charge is 2.26. The normalized spacial score (nSPS) is 18.1. The Kier molecular flexibility index (Phi) is 3.68. The summed E-state index contributed by atoms with van der Waals surface area (Å²) in [4.78, 5) is 0. The highest BCUT2D eigenvalue weighted by atomic mass is 35.5. The van der Waals surface area contributed by atoms with E-state index in [0.29, 0.717) is 17.3 Å². The van der Waals surface area contributed by atoms with Crippen LogP contribution in [0.5, 0.6) is 0 Å². The third-order valence-electron chi connectivity index (χ3n) is 3.34. The van der Waals surface area contributed by atoms with Crippen molar-refractivity contribution in [2.75, 3.05) is 6.61 Å². The van der Waals surface area contributed by atoms with E-state index in [-0.39, 0.29) is 6.10 Å². The lowest BCUT2D eigenvalue weighted by Gasteiger charge is -2.12. The van der Waals surface area contributed by atoms with Gasteiger partial charge in [-0.2, -0.15) is 5.26 Å². The third-order valence-corrected chi connectivity index (χ3v) is 3.57. The Labute approximate surface area is 121 Å². The molecule has 2 heterocycles. The number of halogens is 1. The fourth-order valence-corrected chi connectivity index (χ4v) is 2.65. The van der Waals surface area contributed by atoms with Gasteiger partial charge < -0.3 is 4.74 Å². The molecule has 1 aromatic carbocycles. The second-order valence-electron chi connectivity index (χ2n) is 4.72. The van der Waals surface area contributed by atoms with E-state index in [1.54, 1.807) is 4.68 Å². The van der Waals surface area contributed by atoms with Gasteiger partial charge in [-0.05, 0) is 30.5 Å². The van der Waals surface area contributed by atoms with Gasteiger partial charge in [-0.3, -0.25) is 0 Å². The summed E-state index contributed by atoms with van der Waals surface area (Å²) in [7, 11) is 0. The van der Waals surface area contributed by atoms with Crippen molar-refractivity contribution in [1.29, 1.82) is 5.26 Å². The molecule has 5 nitrogen and oxygen atoms in total. The van der Waals surface area contributed by atoms with Gasteiger partial charge in [-0.1, -0.05) is 28.9 Å². The number of aromatic nitrogens is 3. The number of nitriles is 1. The summed E-state index contributed by atoms with van der Waals surface area (Å²) in [6.45, 7) is 1.25. The first kappa shape index (κ1) is 13.1. The molecule has 1 atom stereocenters. The quantitative estimate of drug-likeness (QED) is 0.871. The van der Waals surface area contributed by atoms with Crippen molar-refractivity contribution >= 4 is 11.6 Å². The summed E-state index contributed by atoms with van der Waals surface area (Å²) in [6, 6.07) is 9.67. The topological polar surface area (TPSA) is 63.7 Å². The van der Waals surface area contributed by atoms with Crippen LogP contribution in [0.4, 0.5) is 0 Å². The minimum atomic E-state index is -0.0844. The number of benzene rings is 1. The fraction of sp³-hybridized carbons (Fsp3) is 0.357. The smallest absolute Gasteiger partial charge is 0.188 e. The van der Waals surface area contributed by atoms with Crippen LogP contribution >= 0.6 is 11.6 Å². The molecule has 2 aromatic rings. The van der Waals surface area contributed by atoms with Gasteiger partial charge in [0.05, 0.1) is 6.54 Å². The molecule has 1 fully saturated rings. The molecule has 20 heavy (non-hydrogen) atoms. The Morgan fingerprint density at radius 3 is 3.10 bits per heavy atom. The van der Waals surface area contributed by atoms with Crippen LogP contribution in [0.3, 0.4) is 0 Å². The molecule has 1 aliphatic heterocycles. The van der Waals surface area contributed by atoms with Gasteiger partial charge in [0.1, 0.15) is 17.9 Å². The van der Waals surface area contributed by atoms with Gasteiger partial charge in [0.25, 0.3) is 0 Å². The first-order valence-corrected chi connectivity index (χ1v) is 6.85. The highest BCUT2D eigenvalue weighted by Crippen LogP contribution is 2.30. The van der Waals surface area contributed by atoms with Gasteiger partial charge in [0.15, 0.2) is 5.69 Å². The van der Waals surface area contributed by atoms with Gasteiger partial charge in [-0.15, -0.1) is 5.10 Å². The zero-order chi connectivity index (χ0) is 13.9. The van der Waals surface area contributed by atoms with Crippen LogP contribution in [0.25, 0.3) is 0 Å². The molecule has 1 saturated heterocycles. The van der Waals surface area contributed by atoms with Crippen molar-refractivity contribution in [1.82, 2.24) is 15.0 Å². The van der Waals surface area contributed by atoms with E-state index in [0.717, 1.165) is 30.7 Å². The van der Waals surface area contributed by atoms with Crippen LogP contribution < -0.4 is 0 Å². The van der Waals surface area contributed by atoms with Crippen molar-refractivity contribution in [2.45, 2.75) is 25.5 Å². The molecule has 1 unspecified atom stereocenters. The maximum absolute atomic E-state index is 9.16. The first-order chi connectivity index (χ1) is 9.78. The Morgan fingerprint density at radius 2 is 2.40 bits per heavy atom. The molecule has 1 aromatic heterocycles. The maximum Gasteiger partial charge on any atom is 0.188 e. The summed E-state index contributed by atoms with van der Waals surface area (Å²) in [5.41, 5.74) is 2.13. The van der Waals surface area contributed by atoms with Crippen LogP contribution in [0.15, 0.2) is 24.3 Å². The van der Waals surface area contributed by atoms with Crippen LogP contribution in [-0.4, -0.2) is 21.6 Å². The molecule has 0 aliphatic carbocycles. The van der Waals surface area contributed by atoms with Gasteiger partial charge >= 0.3 is 0 Å². The van der Waals surface area contributed by atoms with Crippen LogP contribution in [-0.2, 0) is 11.3 Å². The van der Waals surface area contributed by atoms with Crippen molar-refractivity contribution in [3.8, 4) is 6.07 Å². The zero-order valence-electron chi connectivity index (χ0n) is 10.8. The monoisotopic (exact) mass is 288 g/mol. The van der Waals surface area contributed by atoms with Crippen LogP contribution in [0.2, 0.25) is 5.02 Å². The van der Waals surface area contributed by atoms with Crippen molar-refractivity contribution in [3.05, 3.63) is 46.2 Å². The van der Waals surface area contributed by atoms with E-state index >= 15 is 0 Å². The second-order valence-corrected chi connectivity index (χ2v) is 5.16. The average molecular weight is 289 g/mol. The maximum atomic E-state index is 9.16. The van der Waals surface area contributed by atoms with Gasteiger partial charge in [-0.25, -0.2) is 4.68 Å². The summed E-state index contributed by atoms with van der Waals surface area (Å²) in [5, 5.41) is 17.9. The predicted octanol–water partition coefficient (Wildman–Crippen LogP) is 2.70. The molecule has 1 aliphatic rings. The molecule has 3 rings (SSSR count). The molecule has 0 bridgehead atoms. The molecule has 6 heteroatoms. The average Bonchev–Trinajstić information content (AvgIpc) is 3.07. The molecule has 102 valence electrons. The Hall–Kier alpha value is -1.90. The Balaban J connectivity index is 1.93. The number of ether oxygens (including phenoxy) is 1. The summed E-state index contributed by atoms with van der Waals surface area (Å²) >= 11 is 5.99. The largest absolute Gasteiger partial charge is 0.372 e. The second kappa shape index (κ2) is 5.61. The van der Waals surface area contributed by atoms with E-state index in [2.05, 4.69) is 16.4 Å². The molecule has 0 N–H and O–H groups in total. The van der Waals surface area contributed by atoms with Gasteiger partial charge in [0.2, 0.25) is 0 Å². The molecule has 0 radical (unpaired) electrons. The molecule has 0 spiro atoms. The summed E-state index contributed by atoms with van der Waals surface area (Å²) in [6.07, 6.45) is 1.81. The Morgan fingerprint density at radius 1 is 1.50 bits per heavy atom. The minimum Gasteiger partial charge on any atom is -0.372 e. The lowest BCUT2D eigenvalue weighted by molar-refractivity contribution is 0.104. The lowest BCUT2D eigenvalue weighted by Crippen LogP contribution is -2.11. The SMILES string of the molecule is N#Cc1nnn(Cc2cccc(Cl)c2)c1C1CCCO1. The van der Waals surface area contributed by atoms with E-state index < -0.39 is 0 Å². The predicted molar refractivity (Wildman–Crippen MR) is 73.2 cm³/mol.